The van der Waals surface area contributed by atoms with Crippen molar-refractivity contribution < 1.29 is 4.74 Å². The molecule has 1 heterocycles. The predicted octanol–water partition coefficient (Wildman–Crippen LogP) is 3.82. The van der Waals surface area contributed by atoms with Crippen LogP contribution in [0.25, 0.3) is 11.3 Å². The Bertz CT molecular complexity index is 629. The van der Waals surface area contributed by atoms with E-state index in [1.165, 1.54) is 12.8 Å². The van der Waals surface area contributed by atoms with Crippen LogP contribution in [-0.4, -0.2) is 16.6 Å². The van der Waals surface area contributed by atoms with E-state index in [1.54, 1.807) is 0 Å². The Morgan fingerprint density at radius 1 is 1.29 bits per heavy atom. The minimum Gasteiger partial charge on any atom is -0.383 e. The first-order chi connectivity index (χ1) is 10.2. The highest BCUT2D eigenvalue weighted by molar-refractivity contribution is 14.1. The highest BCUT2D eigenvalue weighted by Crippen LogP contribution is 2.43. The van der Waals surface area contributed by atoms with Gasteiger partial charge >= 0.3 is 0 Å². The molecular weight excluding hydrogens is 377 g/mol. The van der Waals surface area contributed by atoms with Gasteiger partial charge in [0.1, 0.15) is 11.9 Å². The molecule has 0 spiro atoms. The number of aromatic nitrogens is 2. The topological polar surface area (TPSA) is 61.0 Å². The molecule has 21 heavy (non-hydrogen) atoms. The Morgan fingerprint density at radius 2 is 2.00 bits per heavy atom. The minimum absolute atomic E-state index is 0.0308. The standard InChI is InChI=1S/C16H18IN3O/c1-2-21-14(11-8-9-11)16-19-13(12(17)15(18)20-16)10-6-4-3-5-7-10/h3-7,11,14H,2,8-9H2,1H3,(H2,18,19,20). The second-order valence-electron chi connectivity index (χ2n) is 5.21. The van der Waals surface area contributed by atoms with E-state index in [0.717, 1.165) is 20.7 Å². The average molecular weight is 395 g/mol. The molecule has 1 aromatic heterocycles. The van der Waals surface area contributed by atoms with Crippen molar-refractivity contribution >= 4 is 28.4 Å². The SMILES string of the molecule is CCOC(c1nc(N)c(I)c(-c2ccccc2)n1)C1CC1. The number of nitrogens with zero attached hydrogens (tertiary/aromatic N) is 2. The third kappa shape index (κ3) is 3.18. The van der Waals surface area contributed by atoms with Gasteiger partial charge in [-0.3, -0.25) is 0 Å². The van der Waals surface area contributed by atoms with Gasteiger partial charge in [0.2, 0.25) is 0 Å². The van der Waals surface area contributed by atoms with Crippen molar-refractivity contribution in [3.63, 3.8) is 0 Å². The van der Waals surface area contributed by atoms with Crippen molar-refractivity contribution in [3.05, 3.63) is 39.7 Å². The highest BCUT2D eigenvalue weighted by atomic mass is 127. The molecule has 1 aromatic carbocycles. The molecule has 0 amide bonds. The zero-order chi connectivity index (χ0) is 14.8. The first-order valence-corrected chi connectivity index (χ1v) is 8.28. The monoisotopic (exact) mass is 395 g/mol. The van der Waals surface area contributed by atoms with E-state index in [1.807, 2.05) is 37.3 Å². The van der Waals surface area contributed by atoms with Crippen LogP contribution < -0.4 is 5.73 Å². The molecule has 1 fully saturated rings. The van der Waals surface area contributed by atoms with Crippen LogP contribution in [0.3, 0.4) is 0 Å². The Morgan fingerprint density at radius 3 is 2.62 bits per heavy atom. The van der Waals surface area contributed by atoms with Crippen molar-refractivity contribution in [1.82, 2.24) is 9.97 Å². The Labute approximate surface area is 138 Å². The zero-order valence-electron chi connectivity index (χ0n) is 11.9. The summed E-state index contributed by atoms with van der Waals surface area (Å²) in [5.74, 6) is 1.79. The number of nitrogens with two attached hydrogens (primary N) is 1. The summed E-state index contributed by atoms with van der Waals surface area (Å²) < 4.78 is 6.75. The lowest BCUT2D eigenvalue weighted by atomic mass is 10.1. The fraction of sp³-hybridized carbons (Fsp3) is 0.375. The molecule has 4 nitrogen and oxygen atoms in total. The zero-order valence-corrected chi connectivity index (χ0v) is 14.1. The molecule has 5 heteroatoms. The van der Waals surface area contributed by atoms with E-state index < -0.39 is 0 Å². The molecule has 1 unspecified atom stereocenters. The molecule has 0 saturated heterocycles. The Balaban J connectivity index is 2.04. The summed E-state index contributed by atoms with van der Waals surface area (Å²) in [6.45, 7) is 2.67. The molecule has 2 aromatic rings. The number of nitrogen functional groups attached to an aromatic ring is 1. The fourth-order valence-electron chi connectivity index (χ4n) is 2.40. The summed E-state index contributed by atoms with van der Waals surface area (Å²) in [4.78, 5) is 9.23. The normalized spacial score (nSPS) is 15.9. The van der Waals surface area contributed by atoms with Gasteiger partial charge in [-0.2, -0.15) is 0 Å². The summed E-state index contributed by atoms with van der Waals surface area (Å²) in [7, 11) is 0. The van der Waals surface area contributed by atoms with Gasteiger partial charge in [0.25, 0.3) is 0 Å². The maximum atomic E-state index is 6.10. The van der Waals surface area contributed by atoms with Gasteiger partial charge in [0, 0.05) is 12.2 Å². The van der Waals surface area contributed by atoms with Gasteiger partial charge in [-0.15, -0.1) is 0 Å². The van der Waals surface area contributed by atoms with Crippen LogP contribution in [-0.2, 0) is 4.74 Å². The number of rotatable bonds is 5. The molecule has 110 valence electrons. The first-order valence-electron chi connectivity index (χ1n) is 7.20. The molecular formula is C16H18IN3O. The van der Waals surface area contributed by atoms with Crippen LogP contribution in [0.15, 0.2) is 30.3 Å². The second-order valence-corrected chi connectivity index (χ2v) is 6.29. The van der Waals surface area contributed by atoms with Gasteiger partial charge in [-0.1, -0.05) is 30.3 Å². The van der Waals surface area contributed by atoms with Crippen LogP contribution in [0.2, 0.25) is 0 Å². The van der Waals surface area contributed by atoms with E-state index >= 15 is 0 Å². The molecule has 1 aliphatic carbocycles. The molecule has 1 aliphatic rings. The second kappa shape index (κ2) is 6.27. The van der Waals surface area contributed by atoms with Crippen LogP contribution in [0.1, 0.15) is 31.7 Å². The molecule has 2 N–H and O–H groups in total. The lowest BCUT2D eigenvalue weighted by molar-refractivity contribution is 0.0402. The maximum Gasteiger partial charge on any atom is 0.160 e. The molecule has 3 rings (SSSR count). The van der Waals surface area contributed by atoms with Gasteiger partial charge in [0.15, 0.2) is 5.82 Å². The number of ether oxygens (including phenoxy) is 1. The van der Waals surface area contributed by atoms with Crippen molar-refractivity contribution in [2.24, 2.45) is 5.92 Å². The van der Waals surface area contributed by atoms with Gasteiger partial charge in [0.05, 0.1) is 9.26 Å². The Hall–Kier alpha value is -1.21. The number of halogens is 1. The predicted molar refractivity (Wildman–Crippen MR) is 91.7 cm³/mol. The summed E-state index contributed by atoms with van der Waals surface area (Å²) in [5, 5.41) is 0. The summed E-state index contributed by atoms with van der Waals surface area (Å²) >= 11 is 2.21. The number of hydrogen-bond acceptors (Lipinski definition) is 4. The van der Waals surface area contributed by atoms with Crippen molar-refractivity contribution in [2.75, 3.05) is 12.3 Å². The summed E-state index contributed by atoms with van der Waals surface area (Å²) in [5.41, 5.74) is 8.05. The van der Waals surface area contributed by atoms with Gasteiger partial charge in [-0.05, 0) is 48.3 Å². The van der Waals surface area contributed by atoms with Crippen LogP contribution >= 0.6 is 22.6 Å². The van der Waals surface area contributed by atoms with Crippen molar-refractivity contribution in [2.45, 2.75) is 25.9 Å². The highest BCUT2D eigenvalue weighted by Gasteiger charge is 2.35. The number of benzene rings is 1. The van der Waals surface area contributed by atoms with E-state index in [0.29, 0.717) is 18.3 Å². The van der Waals surface area contributed by atoms with E-state index in [9.17, 15) is 0 Å². The molecule has 1 atom stereocenters. The Kier molecular flexibility index (Phi) is 4.40. The maximum absolute atomic E-state index is 6.10. The molecule has 0 radical (unpaired) electrons. The third-order valence-corrected chi connectivity index (χ3v) is 4.66. The average Bonchev–Trinajstić information content (AvgIpc) is 3.33. The molecule has 0 aliphatic heterocycles. The fourth-order valence-corrected chi connectivity index (χ4v) is 2.95. The lowest BCUT2D eigenvalue weighted by Gasteiger charge is -2.17. The smallest absolute Gasteiger partial charge is 0.160 e. The van der Waals surface area contributed by atoms with Crippen LogP contribution in [0, 0.1) is 9.49 Å². The van der Waals surface area contributed by atoms with Crippen molar-refractivity contribution in [1.29, 1.82) is 0 Å². The number of hydrogen-bond donors (Lipinski definition) is 1. The van der Waals surface area contributed by atoms with Crippen molar-refractivity contribution in [3.8, 4) is 11.3 Å². The third-order valence-electron chi connectivity index (χ3n) is 3.59. The van der Waals surface area contributed by atoms with E-state index in [-0.39, 0.29) is 6.10 Å². The van der Waals surface area contributed by atoms with Crippen LogP contribution in [0.5, 0.6) is 0 Å². The summed E-state index contributed by atoms with van der Waals surface area (Å²) in [6.07, 6.45) is 2.33. The first kappa shape index (κ1) is 14.7. The van der Waals surface area contributed by atoms with Gasteiger partial charge in [-0.25, -0.2) is 9.97 Å². The minimum atomic E-state index is -0.0308. The molecule has 1 saturated carbocycles. The molecule has 0 bridgehead atoms. The van der Waals surface area contributed by atoms with E-state index in [2.05, 4.69) is 27.6 Å². The van der Waals surface area contributed by atoms with E-state index in [4.69, 9.17) is 15.5 Å². The quantitative estimate of drug-likeness (QED) is 0.783. The summed E-state index contributed by atoms with van der Waals surface area (Å²) in [6, 6.07) is 10.1. The van der Waals surface area contributed by atoms with Gasteiger partial charge < -0.3 is 10.5 Å². The van der Waals surface area contributed by atoms with Crippen LogP contribution in [0.4, 0.5) is 5.82 Å². The lowest BCUT2D eigenvalue weighted by Crippen LogP contribution is -2.14. The number of anilines is 1. The largest absolute Gasteiger partial charge is 0.383 e.